The summed E-state index contributed by atoms with van der Waals surface area (Å²) in [5, 5.41) is 2.84. The van der Waals surface area contributed by atoms with Crippen LogP contribution >= 0.6 is 15.9 Å². The van der Waals surface area contributed by atoms with E-state index in [1.54, 1.807) is 18.2 Å². The molecule has 1 aromatic heterocycles. The first-order chi connectivity index (χ1) is 7.47. The van der Waals surface area contributed by atoms with Gasteiger partial charge in [0.25, 0.3) is 0 Å². The number of ether oxygens (including phenoxy) is 1. The third kappa shape index (κ3) is 5.92. The maximum Gasteiger partial charge on any atom is 0.411 e. The van der Waals surface area contributed by atoms with Gasteiger partial charge in [0.1, 0.15) is 17.0 Å². The average molecular weight is 299 g/mol. The van der Waals surface area contributed by atoms with Gasteiger partial charge < -0.3 is 10.1 Å². The SMILES string of the molecule is FC(F)(F)COCCNc1cccc(Br)n1. The van der Waals surface area contributed by atoms with Gasteiger partial charge in [0.2, 0.25) is 0 Å². The van der Waals surface area contributed by atoms with Gasteiger partial charge in [-0.05, 0) is 28.1 Å². The number of halogens is 4. The molecule has 1 aromatic rings. The third-order valence-electron chi connectivity index (χ3n) is 1.53. The summed E-state index contributed by atoms with van der Waals surface area (Å²) in [5.41, 5.74) is 0. The number of aromatic nitrogens is 1. The molecule has 0 aliphatic rings. The summed E-state index contributed by atoms with van der Waals surface area (Å²) < 4.78 is 40.2. The quantitative estimate of drug-likeness (QED) is 0.670. The first kappa shape index (κ1) is 13.2. The van der Waals surface area contributed by atoms with Crippen molar-refractivity contribution in [3.8, 4) is 0 Å². The van der Waals surface area contributed by atoms with Crippen LogP contribution in [-0.2, 0) is 4.74 Å². The zero-order chi connectivity index (χ0) is 12.0. The molecular weight excluding hydrogens is 289 g/mol. The lowest BCUT2D eigenvalue weighted by Crippen LogP contribution is -2.20. The molecule has 0 atom stereocenters. The van der Waals surface area contributed by atoms with Gasteiger partial charge >= 0.3 is 6.18 Å². The zero-order valence-corrected chi connectivity index (χ0v) is 9.81. The minimum absolute atomic E-state index is 0.0201. The molecule has 7 heteroatoms. The van der Waals surface area contributed by atoms with E-state index in [9.17, 15) is 13.2 Å². The Balaban J connectivity index is 2.17. The molecule has 1 N–H and O–H groups in total. The summed E-state index contributed by atoms with van der Waals surface area (Å²) in [6.07, 6.45) is -4.27. The summed E-state index contributed by atoms with van der Waals surface area (Å²) in [6, 6.07) is 5.25. The molecule has 1 rings (SSSR count). The maximum absolute atomic E-state index is 11.7. The standard InChI is InChI=1S/C9H10BrF3N2O/c10-7-2-1-3-8(15-7)14-4-5-16-6-9(11,12)13/h1-3H,4-6H2,(H,14,15). The van der Waals surface area contributed by atoms with E-state index in [0.717, 1.165) is 0 Å². The number of pyridine rings is 1. The Morgan fingerprint density at radius 2 is 2.12 bits per heavy atom. The second kappa shape index (κ2) is 6.05. The Hall–Kier alpha value is -0.820. The van der Waals surface area contributed by atoms with Crippen LogP contribution in [0.1, 0.15) is 0 Å². The van der Waals surface area contributed by atoms with E-state index in [-0.39, 0.29) is 13.2 Å². The second-order valence-corrected chi connectivity index (χ2v) is 3.75. The van der Waals surface area contributed by atoms with E-state index in [2.05, 4.69) is 31.0 Å². The summed E-state index contributed by atoms with van der Waals surface area (Å²) in [6.45, 7) is -0.964. The number of hydrogen-bond acceptors (Lipinski definition) is 3. The van der Waals surface area contributed by atoms with Crippen molar-refractivity contribution in [2.45, 2.75) is 6.18 Å². The normalized spacial score (nSPS) is 11.5. The highest BCUT2D eigenvalue weighted by Crippen LogP contribution is 2.14. The lowest BCUT2D eigenvalue weighted by molar-refractivity contribution is -0.172. The molecule has 1 heterocycles. The van der Waals surface area contributed by atoms with Gasteiger partial charge in [-0.1, -0.05) is 6.07 Å². The number of hydrogen-bond donors (Lipinski definition) is 1. The van der Waals surface area contributed by atoms with Crippen molar-refractivity contribution in [2.75, 3.05) is 25.1 Å². The third-order valence-corrected chi connectivity index (χ3v) is 1.98. The van der Waals surface area contributed by atoms with Crippen LogP contribution in [0.25, 0.3) is 0 Å². The summed E-state index contributed by atoms with van der Waals surface area (Å²) in [7, 11) is 0. The molecule has 0 aliphatic heterocycles. The van der Waals surface area contributed by atoms with Gasteiger partial charge in [0.05, 0.1) is 6.61 Å². The van der Waals surface area contributed by atoms with Gasteiger partial charge in [-0.2, -0.15) is 13.2 Å². The second-order valence-electron chi connectivity index (χ2n) is 2.94. The number of nitrogens with zero attached hydrogens (tertiary/aromatic N) is 1. The summed E-state index contributed by atoms with van der Waals surface area (Å²) in [4.78, 5) is 4.05. The van der Waals surface area contributed by atoms with Crippen molar-refractivity contribution in [3.63, 3.8) is 0 Å². The molecule has 0 aromatic carbocycles. The highest BCUT2D eigenvalue weighted by Gasteiger charge is 2.27. The Labute approximate surface area is 99.1 Å². The fraction of sp³-hybridized carbons (Fsp3) is 0.444. The largest absolute Gasteiger partial charge is 0.411 e. The maximum atomic E-state index is 11.7. The highest BCUT2D eigenvalue weighted by atomic mass is 79.9. The number of nitrogens with one attached hydrogen (secondary N) is 1. The van der Waals surface area contributed by atoms with E-state index >= 15 is 0 Å². The molecule has 90 valence electrons. The average Bonchev–Trinajstić information content (AvgIpc) is 2.15. The Kier molecular flexibility index (Phi) is 5.01. The summed E-state index contributed by atoms with van der Waals surface area (Å²) in [5.74, 6) is 0.588. The minimum atomic E-state index is -4.27. The van der Waals surface area contributed by atoms with Crippen LogP contribution in [0.2, 0.25) is 0 Å². The molecule has 0 spiro atoms. The van der Waals surface area contributed by atoms with Crippen LogP contribution < -0.4 is 5.32 Å². The molecule has 16 heavy (non-hydrogen) atoms. The first-order valence-corrected chi connectivity index (χ1v) is 5.27. The number of alkyl halides is 3. The van der Waals surface area contributed by atoms with Crippen LogP contribution in [-0.4, -0.2) is 30.9 Å². The Bertz CT molecular complexity index is 333. The van der Waals surface area contributed by atoms with Gasteiger partial charge in [-0.25, -0.2) is 4.98 Å². The monoisotopic (exact) mass is 298 g/mol. The molecule has 0 aliphatic carbocycles. The molecule has 0 bridgehead atoms. The zero-order valence-electron chi connectivity index (χ0n) is 8.22. The predicted octanol–water partition coefficient (Wildman–Crippen LogP) is 2.83. The van der Waals surface area contributed by atoms with Crippen LogP contribution in [0, 0.1) is 0 Å². The van der Waals surface area contributed by atoms with Crippen LogP contribution in [0.4, 0.5) is 19.0 Å². The molecule has 0 fully saturated rings. The van der Waals surface area contributed by atoms with E-state index < -0.39 is 12.8 Å². The van der Waals surface area contributed by atoms with Crippen molar-refractivity contribution in [1.82, 2.24) is 4.98 Å². The topological polar surface area (TPSA) is 34.1 Å². The van der Waals surface area contributed by atoms with Gasteiger partial charge in [-0.3, -0.25) is 0 Å². The van der Waals surface area contributed by atoms with Crippen molar-refractivity contribution in [2.24, 2.45) is 0 Å². The fourth-order valence-electron chi connectivity index (χ4n) is 0.946. The lowest BCUT2D eigenvalue weighted by atomic mass is 10.4. The summed E-state index contributed by atoms with van der Waals surface area (Å²) >= 11 is 3.18. The van der Waals surface area contributed by atoms with E-state index in [1.165, 1.54) is 0 Å². The van der Waals surface area contributed by atoms with Crippen molar-refractivity contribution in [3.05, 3.63) is 22.8 Å². The van der Waals surface area contributed by atoms with Crippen molar-refractivity contribution in [1.29, 1.82) is 0 Å². The van der Waals surface area contributed by atoms with Crippen molar-refractivity contribution >= 4 is 21.7 Å². The number of anilines is 1. The highest BCUT2D eigenvalue weighted by molar-refractivity contribution is 9.10. The fourth-order valence-corrected chi connectivity index (χ4v) is 1.29. The smallest absolute Gasteiger partial charge is 0.370 e. The number of rotatable bonds is 5. The first-order valence-electron chi connectivity index (χ1n) is 4.48. The predicted molar refractivity (Wildman–Crippen MR) is 57.3 cm³/mol. The van der Waals surface area contributed by atoms with Crippen LogP contribution in [0.3, 0.4) is 0 Å². The molecule has 3 nitrogen and oxygen atoms in total. The van der Waals surface area contributed by atoms with Gasteiger partial charge in [-0.15, -0.1) is 0 Å². The molecule has 0 radical (unpaired) electrons. The molecule has 0 saturated carbocycles. The van der Waals surface area contributed by atoms with Crippen LogP contribution in [0.5, 0.6) is 0 Å². The molecule has 0 unspecified atom stereocenters. The van der Waals surface area contributed by atoms with E-state index in [4.69, 9.17) is 0 Å². The van der Waals surface area contributed by atoms with Gasteiger partial charge in [0, 0.05) is 6.54 Å². The van der Waals surface area contributed by atoms with E-state index in [0.29, 0.717) is 10.4 Å². The lowest BCUT2D eigenvalue weighted by Gasteiger charge is -2.08. The Morgan fingerprint density at radius 1 is 1.38 bits per heavy atom. The molecule has 0 amide bonds. The van der Waals surface area contributed by atoms with Crippen molar-refractivity contribution < 1.29 is 17.9 Å². The van der Waals surface area contributed by atoms with Gasteiger partial charge in [0.15, 0.2) is 0 Å². The molecule has 0 saturated heterocycles. The Morgan fingerprint density at radius 3 is 2.75 bits per heavy atom. The van der Waals surface area contributed by atoms with Crippen LogP contribution in [0.15, 0.2) is 22.8 Å². The van der Waals surface area contributed by atoms with E-state index in [1.807, 2.05) is 0 Å². The minimum Gasteiger partial charge on any atom is -0.370 e. The molecular formula is C9H10BrF3N2O.